The Labute approximate surface area is 158 Å². The molecule has 0 saturated heterocycles. The molecule has 0 saturated carbocycles. The number of nitrogens with one attached hydrogen (secondary N) is 2. The van der Waals surface area contributed by atoms with E-state index >= 15 is 0 Å². The molecule has 0 fully saturated rings. The molecule has 0 aliphatic heterocycles. The van der Waals surface area contributed by atoms with Crippen molar-refractivity contribution < 1.29 is 14.6 Å². The molecule has 7 heteroatoms. The fraction of sp³-hybridized carbons (Fsp3) is 0.250. The lowest BCUT2D eigenvalue weighted by atomic mass is 9.78. The van der Waals surface area contributed by atoms with Crippen molar-refractivity contribution >= 4 is 17.6 Å². The van der Waals surface area contributed by atoms with Gasteiger partial charge < -0.3 is 21.3 Å². The molecule has 2 unspecified atom stereocenters. The summed E-state index contributed by atoms with van der Waals surface area (Å²) in [5.41, 5.74) is 11.6. The van der Waals surface area contributed by atoms with E-state index in [0.29, 0.717) is 11.1 Å². The molecule has 2 atom stereocenters. The van der Waals surface area contributed by atoms with Crippen LogP contribution in [0.4, 0.5) is 0 Å². The summed E-state index contributed by atoms with van der Waals surface area (Å²) in [6.45, 7) is 1.78. The second-order valence-corrected chi connectivity index (χ2v) is 6.21. The standard InChI is InChI=1S/C20H24N4O3/c1-2-16(18(25)26)20(19(23)24,15-6-4-3-5-7-15)27-12-13-8-10-14(11-9-13)17(21)22/h3-11,16H,2,12H2,1H3,(H3,21,22)(H3,23,24)(H,25,26). The van der Waals surface area contributed by atoms with Crippen molar-refractivity contribution in [2.75, 3.05) is 0 Å². The average molecular weight is 368 g/mol. The monoisotopic (exact) mass is 368 g/mol. The van der Waals surface area contributed by atoms with E-state index in [1.54, 1.807) is 61.5 Å². The van der Waals surface area contributed by atoms with E-state index in [1.807, 2.05) is 0 Å². The Hall–Kier alpha value is -3.19. The van der Waals surface area contributed by atoms with E-state index in [-0.39, 0.29) is 24.7 Å². The summed E-state index contributed by atoms with van der Waals surface area (Å²) in [7, 11) is 0. The van der Waals surface area contributed by atoms with E-state index in [1.165, 1.54) is 0 Å². The average Bonchev–Trinajstić information content (AvgIpc) is 2.65. The van der Waals surface area contributed by atoms with E-state index in [2.05, 4.69) is 0 Å². The molecular formula is C20H24N4O3. The molecule has 7 nitrogen and oxygen atoms in total. The van der Waals surface area contributed by atoms with Crippen molar-refractivity contribution in [2.45, 2.75) is 25.6 Å². The predicted octanol–water partition coefficient (Wildman–Crippen LogP) is 2.43. The molecule has 7 N–H and O–H groups in total. The van der Waals surface area contributed by atoms with Gasteiger partial charge in [0.05, 0.1) is 12.5 Å². The molecule has 27 heavy (non-hydrogen) atoms. The number of rotatable bonds is 9. The summed E-state index contributed by atoms with van der Waals surface area (Å²) in [4.78, 5) is 11.9. The SMILES string of the molecule is CCC(C(=O)O)C(OCc1ccc(C(=N)N)cc1)(C(=N)N)c1ccccc1. The first-order valence-corrected chi connectivity index (χ1v) is 8.53. The Morgan fingerprint density at radius 2 is 1.70 bits per heavy atom. The number of hydrogen-bond donors (Lipinski definition) is 5. The molecule has 2 aromatic carbocycles. The number of carbonyl (C=O) groups is 1. The number of carboxylic acids is 1. The summed E-state index contributed by atoms with van der Waals surface area (Å²) >= 11 is 0. The van der Waals surface area contributed by atoms with E-state index in [4.69, 9.17) is 27.0 Å². The van der Waals surface area contributed by atoms with Crippen molar-refractivity contribution in [1.82, 2.24) is 0 Å². The number of carboxylic acid groups (broad SMARTS) is 1. The van der Waals surface area contributed by atoms with Crippen LogP contribution < -0.4 is 11.5 Å². The second-order valence-electron chi connectivity index (χ2n) is 6.21. The Bertz CT molecular complexity index is 821. The van der Waals surface area contributed by atoms with E-state index in [9.17, 15) is 9.90 Å². The van der Waals surface area contributed by atoms with Crippen molar-refractivity contribution in [3.63, 3.8) is 0 Å². The van der Waals surface area contributed by atoms with Gasteiger partial charge in [-0.05, 0) is 17.5 Å². The van der Waals surface area contributed by atoms with E-state index < -0.39 is 17.5 Å². The Morgan fingerprint density at radius 3 is 2.15 bits per heavy atom. The quantitative estimate of drug-likeness (QED) is 0.341. The Balaban J connectivity index is 2.44. The van der Waals surface area contributed by atoms with Crippen LogP contribution in [0, 0.1) is 16.7 Å². The summed E-state index contributed by atoms with van der Waals surface area (Å²) in [6.07, 6.45) is 0.243. The summed E-state index contributed by atoms with van der Waals surface area (Å²) in [6, 6.07) is 15.6. The lowest BCUT2D eigenvalue weighted by molar-refractivity contribution is -0.153. The molecule has 0 amide bonds. The first-order chi connectivity index (χ1) is 12.8. The van der Waals surface area contributed by atoms with Crippen molar-refractivity contribution in [3.05, 3.63) is 71.3 Å². The maximum absolute atomic E-state index is 11.9. The number of hydrogen-bond acceptors (Lipinski definition) is 4. The molecule has 0 aliphatic carbocycles. The molecule has 0 aliphatic rings. The van der Waals surface area contributed by atoms with Crippen LogP contribution >= 0.6 is 0 Å². The van der Waals surface area contributed by atoms with Gasteiger partial charge in [0.25, 0.3) is 0 Å². The normalized spacial score (nSPS) is 14.1. The van der Waals surface area contributed by atoms with Gasteiger partial charge in [-0.15, -0.1) is 0 Å². The van der Waals surface area contributed by atoms with Crippen LogP contribution in [-0.4, -0.2) is 22.7 Å². The first kappa shape index (κ1) is 20.1. The molecular weight excluding hydrogens is 344 g/mol. The van der Waals surface area contributed by atoms with Gasteiger partial charge in [0.2, 0.25) is 0 Å². The third-order valence-electron chi connectivity index (χ3n) is 4.53. The molecule has 0 bridgehead atoms. The van der Waals surface area contributed by atoms with Crippen LogP contribution in [-0.2, 0) is 21.7 Å². The van der Waals surface area contributed by atoms with Gasteiger partial charge in [0.1, 0.15) is 11.7 Å². The number of ether oxygens (including phenoxy) is 1. The maximum atomic E-state index is 11.9. The topological polar surface area (TPSA) is 146 Å². The molecule has 2 rings (SSSR count). The smallest absolute Gasteiger partial charge is 0.310 e. The number of nitrogens with two attached hydrogens (primary N) is 2. The van der Waals surface area contributed by atoms with Crippen LogP contribution in [0.25, 0.3) is 0 Å². The van der Waals surface area contributed by atoms with Gasteiger partial charge in [0, 0.05) is 5.56 Å². The first-order valence-electron chi connectivity index (χ1n) is 8.53. The molecule has 142 valence electrons. The second kappa shape index (κ2) is 8.46. The molecule has 0 heterocycles. The number of nitrogen functional groups attached to an aromatic ring is 1. The fourth-order valence-electron chi connectivity index (χ4n) is 3.11. The van der Waals surface area contributed by atoms with E-state index in [0.717, 1.165) is 5.56 Å². The van der Waals surface area contributed by atoms with Crippen LogP contribution in [0.3, 0.4) is 0 Å². The fourth-order valence-corrected chi connectivity index (χ4v) is 3.11. The van der Waals surface area contributed by atoms with Crippen LogP contribution in [0.1, 0.15) is 30.0 Å². The highest BCUT2D eigenvalue weighted by atomic mass is 16.5. The minimum Gasteiger partial charge on any atom is -0.481 e. The van der Waals surface area contributed by atoms with Crippen molar-refractivity contribution in [1.29, 1.82) is 10.8 Å². The summed E-state index contributed by atoms with van der Waals surface area (Å²) < 4.78 is 6.06. The van der Waals surface area contributed by atoms with Crippen molar-refractivity contribution in [2.24, 2.45) is 17.4 Å². The van der Waals surface area contributed by atoms with Gasteiger partial charge in [-0.2, -0.15) is 0 Å². The Kier molecular flexibility index (Phi) is 6.31. The maximum Gasteiger partial charge on any atom is 0.310 e. The third kappa shape index (κ3) is 4.15. The third-order valence-corrected chi connectivity index (χ3v) is 4.53. The molecule has 0 aromatic heterocycles. The lowest BCUT2D eigenvalue weighted by Gasteiger charge is -2.37. The van der Waals surface area contributed by atoms with Crippen molar-refractivity contribution in [3.8, 4) is 0 Å². The zero-order valence-corrected chi connectivity index (χ0v) is 15.1. The van der Waals surface area contributed by atoms with Gasteiger partial charge >= 0.3 is 5.97 Å². The lowest BCUT2D eigenvalue weighted by Crippen LogP contribution is -2.51. The van der Waals surface area contributed by atoms with Crippen LogP contribution in [0.15, 0.2) is 54.6 Å². The van der Waals surface area contributed by atoms with Crippen LogP contribution in [0.5, 0.6) is 0 Å². The number of benzene rings is 2. The summed E-state index contributed by atoms with van der Waals surface area (Å²) in [5, 5.41) is 25.3. The molecule has 0 spiro atoms. The highest BCUT2D eigenvalue weighted by molar-refractivity contribution is 5.95. The summed E-state index contributed by atoms with van der Waals surface area (Å²) in [5.74, 6) is -2.50. The van der Waals surface area contributed by atoms with Gasteiger partial charge in [-0.1, -0.05) is 61.5 Å². The number of amidine groups is 2. The van der Waals surface area contributed by atoms with Gasteiger partial charge in [-0.25, -0.2) is 0 Å². The van der Waals surface area contributed by atoms with Gasteiger partial charge in [0.15, 0.2) is 5.60 Å². The highest BCUT2D eigenvalue weighted by Gasteiger charge is 2.48. The predicted molar refractivity (Wildman–Crippen MR) is 104 cm³/mol. The minimum absolute atomic E-state index is 0.0400. The van der Waals surface area contributed by atoms with Gasteiger partial charge in [-0.3, -0.25) is 15.6 Å². The Morgan fingerprint density at radius 1 is 1.11 bits per heavy atom. The zero-order chi connectivity index (χ0) is 20.0. The zero-order valence-electron chi connectivity index (χ0n) is 15.1. The minimum atomic E-state index is -1.58. The highest BCUT2D eigenvalue weighted by Crippen LogP contribution is 2.37. The molecule has 0 radical (unpaired) electrons. The number of aliphatic carboxylic acids is 1. The largest absolute Gasteiger partial charge is 0.481 e. The molecule has 2 aromatic rings. The van der Waals surface area contributed by atoms with Crippen LogP contribution in [0.2, 0.25) is 0 Å².